The second-order valence-electron chi connectivity index (χ2n) is 19.2. The fourth-order valence-corrected chi connectivity index (χ4v) is 8.20. The molecule has 4 N–H and O–H groups in total. The molecule has 0 aromatic rings. The van der Waals surface area contributed by atoms with Gasteiger partial charge in [0.25, 0.3) is 0 Å². The maximum Gasteiger partial charge on any atom is 0.00927 e. The highest BCUT2D eigenvalue weighted by atomic mass is 15.0. The molecule has 0 amide bonds. The van der Waals surface area contributed by atoms with Crippen LogP contribution in [0.25, 0.3) is 0 Å². The normalized spacial score (nSPS) is 31.5. The molecule has 0 bridgehead atoms. The Balaban J connectivity index is 0.000000320. The van der Waals surface area contributed by atoms with E-state index in [4.69, 9.17) is 0 Å². The highest BCUT2D eigenvalue weighted by Gasteiger charge is 2.27. The first-order chi connectivity index (χ1) is 22.4. The topological polar surface area (TPSA) is 48.1 Å². The lowest BCUT2D eigenvalue weighted by Crippen LogP contribution is -2.47. The Morgan fingerprint density at radius 2 is 0.333 bits per heavy atom. The summed E-state index contributed by atoms with van der Waals surface area (Å²) in [5, 5.41) is 15.0. The minimum Gasteiger partial charge on any atom is -0.311 e. The molecule has 4 fully saturated rings. The van der Waals surface area contributed by atoms with Crippen molar-refractivity contribution >= 4 is 0 Å². The van der Waals surface area contributed by atoms with E-state index >= 15 is 0 Å². The maximum absolute atomic E-state index is 3.75. The predicted octanol–water partition coefficient (Wildman–Crippen LogP) is 11.2. The Labute approximate surface area is 304 Å². The predicted molar refractivity (Wildman–Crippen MR) is 217 cm³/mol. The summed E-state index contributed by atoms with van der Waals surface area (Å²) >= 11 is 0. The lowest BCUT2D eigenvalue weighted by atomic mass is 9.87. The Kier molecular flexibility index (Phi) is 23.1. The Morgan fingerprint density at radius 1 is 0.229 bits per heavy atom. The molecule has 48 heavy (non-hydrogen) atoms. The van der Waals surface area contributed by atoms with Gasteiger partial charge in [0, 0.05) is 48.3 Å². The van der Waals surface area contributed by atoms with Gasteiger partial charge in [-0.25, -0.2) is 0 Å². The zero-order chi connectivity index (χ0) is 36.6. The molecular formula is C44H92N4. The smallest absolute Gasteiger partial charge is 0.00927 e. The van der Waals surface area contributed by atoms with Crippen LogP contribution in [0.5, 0.6) is 0 Å². The van der Waals surface area contributed by atoms with Crippen LogP contribution in [-0.4, -0.2) is 48.3 Å². The molecule has 0 saturated carbocycles. The van der Waals surface area contributed by atoms with Gasteiger partial charge in [0.15, 0.2) is 0 Å². The zero-order valence-corrected chi connectivity index (χ0v) is 35.7. The van der Waals surface area contributed by atoms with Crippen molar-refractivity contribution in [2.45, 2.75) is 236 Å². The van der Waals surface area contributed by atoms with Crippen molar-refractivity contribution in [2.24, 2.45) is 47.3 Å². The van der Waals surface area contributed by atoms with E-state index in [1.807, 2.05) is 0 Å². The summed E-state index contributed by atoms with van der Waals surface area (Å²) in [6.45, 7) is 37.1. The van der Waals surface area contributed by atoms with Crippen molar-refractivity contribution in [3.63, 3.8) is 0 Å². The third kappa shape index (κ3) is 17.9. The van der Waals surface area contributed by atoms with Crippen molar-refractivity contribution in [3.05, 3.63) is 0 Å². The van der Waals surface area contributed by atoms with E-state index in [-0.39, 0.29) is 0 Å². The van der Waals surface area contributed by atoms with Crippen LogP contribution >= 0.6 is 0 Å². The lowest BCUT2D eigenvalue weighted by molar-refractivity contribution is 0.231. The summed E-state index contributed by atoms with van der Waals surface area (Å²) in [7, 11) is 0. The zero-order valence-electron chi connectivity index (χ0n) is 35.7. The molecule has 4 saturated heterocycles. The van der Waals surface area contributed by atoms with Gasteiger partial charge in [-0.15, -0.1) is 0 Å². The van der Waals surface area contributed by atoms with Gasteiger partial charge in [-0.3, -0.25) is 0 Å². The van der Waals surface area contributed by atoms with E-state index < -0.39 is 0 Å². The molecule has 0 aliphatic carbocycles. The second kappa shape index (κ2) is 24.2. The molecule has 0 unspecified atom stereocenters. The number of rotatable bonds is 8. The highest BCUT2D eigenvalue weighted by molar-refractivity contribution is 4.86. The van der Waals surface area contributed by atoms with Crippen LogP contribution in [0.3, 0.4) is 0 Å². The van der Waals surface area contributed by atoms with Gasteiger partial charge < -0.3 is 21.3 Å². The second-order valence-corrected chi connectivity index (χ2v) is 19.2. The van der Waals surface area contributed by atoms with Gasteiger partial charge in [0.1, 0.15) is 0 Å². The molecule has 0 aromatic carbocycles. The first kappa shape index (κ1) is 45.9. The van der Waals surface area contributed by atoms with Gasteiger partial charge in [-0.2, -0.15) is 0 Å². The molecular weight excluding hydrogens is 585 g/mol. The molecule has 0 spiro atoms. The number of hydrogen-bond donors (Lipinski definition) is 4. The average Bonchev–Trinajstić information content (AvgIpc) is 3.05. The first-order valence-electron chi connectivity index (χ1n) is 21.5. The third-order valence-corrected chi connectivity index (χ3v) is 12.3. The van der Waals surface area contributed by atoms with E-state index in [0.717, 1.165) is 95.7 Å². The standard InChI is InChI=1S/4C11H23N/c4*1-8(2)10-6-5-7-11(12-10)9(3)4/h4*8-12H,5-7H2,1-4H3/t2*10-,11+;2*10-,11-/m..10/s1. The minimum absolute atomic E-state index is 0.770. The molecule has 4 rings (SSSR count). The van der Waals surface area contributed by atoms with Crippen molar-refractivity contribution in [2.75, 3.05) is 0 Å². The molecule has 0 aromatic heterocycles. The maximum atomic E-state index is 3.75. The van der Waals surface area contributed by atoms with Crippen LogP contribution in [0.15, 0.2) is 0 Å². The van der Waals surface area contributed by atoms with E-state index in [1.54, 1.807) is 0 Å². The lowest BCUT2D eigenvalue weighted by Gasteiger charge is -2.35. The molecule has 0 radical (unpaired) electrons. The van der Waals surface area contributed by atoms with Crippen LogP contribution in [0, 0.1) is 47.3 Å². The molecule has 4 aliphatic heterocycles. The van der Waals surface area contributed by atoms with Crippen LogP contribution in [0.1, 0.15) is 188 Å². The Morgan fingerprint density at radius 3 is 0.417 bits per heavy atom. The fraction of sp³-hybridized carbons (Fsp3) is 1.00. The van der Waals surface area contributed by atoms with Crippen molar-refractivity contribution in [1.82, 2.24) is 21.3 Å². The van der Waals surface area contributed by atoms with Crippen molar-refractivity contribution in [1.29, 1.82) is 0 Å². The van der Waals surface area contributed by atoms with Crippen LogP contribution in [0.4, 0.5) is 0 Å². The number of hydrogen-bond acceptors (Lipinski definition) is 4. The SMILES string of the molecule is CC(C)[C@@H]1CCC[C@@H](C(C)C)N1.CC(C)[C@@H]1CCC[C@H](C(C)C)N1.CC(C)[C@@H]1CCC[C@H](C(C)C)N1.CC(C)[C@H]1CCC[C@H](C(C)C)N1. The fourth-order valence-electron chi connectivity index (χ4n) is 8.20. The van der Waals surface area contributed by atoms with Gasteiger partial charge in [0.05, 0.1) is 0 Å². The van der Waals surface area contributed by atoms with Crippen LogP contribution < -0.4 is 21.3 Å². The van der Waals surface area contributed by atoms with Crippen LogP contribution in [0.2, 0.25) is 0 Å². The quantitative estimate of drug-likeness (QED) is 0.207. The summed E-state index contributed by atoms with van der Waals surface area (Å²) in [5.41, 5.74) is 0. The molecule has 4 heterocycles. The molecule has 4 nitrogen and oxygen atoms in total. The number of nitrogens with one attached hydrogen (secondary N) is 4. The minimum atomic E-state index is 0.770. The molecule has 8 atom stereocenters. The van der Waals surface area contributed by atoms with E-state index in [1.165, 1.54) is 77.0 Å². The largest absolute Gasteiger partial charge is 0.311 e. The summed E-state index contributed by atoms with van der Waals surface area (Å²) in [5.74, 6) is 6.38. The Bertz CT molecular complexity index is 588. The van der Waals surface area contributed by atoms with Crippen molar-refractivity contribution in [3.8, 4) is 0 Å². The summed E-state index contributed by atoms with van der Waals surface area (Å²) in [6.07, 6.45) is 16.7. The van der Waals surface area contributed by atoms with E-state index in [9.17, 15) is 0 Å². The monoisotopic (exact) mass is 677 g/mol. The van der Waals surface area contributed by atoms with Crippen LogP contribution in [-0.2, 0) is 0 Å². The summed E-state index contributed by atoms with van der Waals surface area (Å²) in [6, 6.07) is 6.16. The Hall–Kier alpha value is -0.160. The van der Waals surface area contributed by atoms with Gasteiger partial charge in [-0.05, 0) is 98.7 Å². The van der Waals surface area contributed by atoms with Gasteiger partial charge in [-0.1, -0.05) is 136 Å². The molecule has 4 aliphatic rings. The average molecular weight is 677 g/mol. The number of piperidine rings is 4. The van der Waals surface area contributed by atoms with E-state index in [0.29, 0.717) is 0 Å². The third-order valence-electron chi connectivity index (χ3n) is 12.3. The first-order valence-corrected chi connectivity index (χ1v) is 21.5. The van der Waals surface area contributed by atoms with Gasteiger partial charge >= 0.3 is 0 Å². The summed E-state index contributed by atoms with van der Waals surface area (Å²) < 4.78 is 0. The van der Waals surface area contributed by atoms with Gasteiger partial charge in [0.2, 0.25) is 0 Å². The van der Waals surface area contributed by atoms with E-state index in [2.05, 4.69) is 132 Å². The molecule has 288 valence electrons. The molecule has 4 heteroatoms. The highest BCUT2D eigenvalue weighted by Crippen LogP contribution is 2.25. The van der Waals surface area contributed by atoms with Crippen molar-refractivity contribution < 1.29 is 0 Å². The summed E-state index contributed by atoms with van der Waals surface area (Å²) in [4.78, 5) is 0.